The molecular weight excluding hydrogens is 525 g/mol. The van der Waals surface area contributed by atoms with Gasteiger partial charge in [0, 0.05) is 34.9 Å². The Morgan fingerprint density at radius 3 is 2.75 bits per heavy atom. The molecule has 0 amide bonds. The lowest BCUT2D eigenvalue weighted by Gasteiger charge is -2.26. The zero-order valence-corrected chi connectivity index (χ0v) is 22.7. The predicted octanol–water partition coefficient (Wildman–Crippen LogP) is 6.62. The summed E-state index contributed by atoms with van der Waals surface area (Å²) in [7, 11) is 0. The Bertz CT molecular complexity index is 1880. The zero-order valence-electron chi connectivity index (χ0n) is 21.9. The molecule has 0 unspecified atom stereocenters. The number of carbonyl (C=O) groups excluding carboxylic acids is 1. The molecule has 8 nitrogen and oxygen atoms in total. The largest absolute Gasteiger partial charge is 0.337 e. The molecule has 0 atom stereocenters. The number of nitrogens with one attached hydrogen (secondary N) is 2. The first-order chi connectivity index (χ1) is 19.5. The van der Waals surface area contributed by atoms with Crippen LogP contribution in [0.15, 0.2) is 55.0 Å². The van der Waals surface area contributed by atoms with Crippen molar-refractivity contribution in [1.29, 1.82) is 0 Å². The Morgan fingerprint density at radius 2 is 1.93 bits per heavy atom. The minimum Gasteiger partial charge on any atom is -0.337 e. The maximum atomic E-state index is 16.2. The fourth-order valence-electron chi connectivity index (χ4n) is 5.44. The number of halogens is 1. The van der Waals surface area contributed by atoms with Gasteiger partial charge in [-0.2, -0.15) is 5.10 Å². The van der Waals surface area contributed by atoms with E-state index in [1.807, 2.05) is 42.6 Å². The van der Waals surface area contributed by atoms with Crippen LogP contribution in [0.1, 0.15) is 41.4 Å². The quantitative estimate of drug-likeness (QED) is 0.226. The molecule has 200 valence electrons. The highest BCUT2D eigenvalue weighted by molar-refractivity contribution is 7.17. The van der Waals surface area contributed by atoms with Crippen molar-refractivity contribution in [1.82, 2.24) is 35.0 Å². The van der Waals surface area contributed by atoms with E-state index in [9.17, 15) is 4.79 Å². The van der Waals surface area contributed by atoms with Crippen molar-refractivity contribution in [2.24, 2.45) is 0 Å². The lowest BCUT2D eigenvalue weighted by Crippen LogP contribution is -2.29. The van der Waals surface area contributed by atoms with Crippen LogP contribution in [0.5, 0.6) is 0 Å². The third kappa shape index (κ3) is 4.39. The number of pyridine rings is 2. The molecule has 10 heteroatoms. The van der Waals surface area contributed by atoms with E-state index in [4.69, 9.17) is 4.98 Å². The Kier molecular flexibility index (Phi) is 6.21. The van der Waals surface area contributed by atoms with Gasteiger partial charge in [-0.05, 0) is 62.7 Å². The van der Waals surface area contributed by atoms with Crippen molar-refractivity contribution >= 4 is 39.1 Å². The molecule has 0 saturated carbocycles. The molecule has 1 aromatic carbocycles. The highest BCUT2D eigenvalue weighted by atomic mass is 32.1. The van der Waals surface area contributed by atoms with Crippen LogP contribution in [0.2, 0.25) is 0 Å². The Labute approximate surface area is 233 Å². The Balaban J connectivity index is 1.28. The molecule has 0 bridgehead atoms. The topological polar surface area (TPSA) is 103 Å². The summed E-state index contributed by atoms with van der Waals surface area (Å²) in [5, 5.41) is 7.65. The minimum absolute atomic E-state index is 0.0289. The molecule has 6 aromatic rings. The third-order valence-corrected chi connectivity index (χ3v) is 8.64. The molecule has 1 aliphatic heterocycles. The van der Waals surface area contributed by atoms with Gasteiger partial charge in [-0.3, -0.25) is 24.8 Å². The van der Waals surface area contributed by atoms with E-state index < -0.39 is 5.82 Å². The lowest BCUT2D eigenvalue weighted by atomic mass is 10.1. The number of thiophene rings is 1. The highest BCUT2D eigenvalue weighted by Crippen LogP contribution is 2.36. The smallest absolute Gasteiger partial charge is 0.169 e. The first-order valence-electron chi connectivity index (χ1n) is 13.3. The second-order valence-corrected chi connectivity index (χ2v) is 11.3. The van der Waals surface area contributed by atoms with Gasteiger partial charge in [0.25, 0.3) is 0 Å². The number of fused-ring (bicyclic) bond motifs is 2. The number of likely N-dealkylation sites (tertiary alicyclic amines) is 1. The lowest BCUT2D eigenvalue weighted by molar-refractivity contribution is 0.102. The molecule has 6 heterocycles. The summed E-state index contributed by atoms with van der Waals surface area (Å²) in [6, 6.07) is 11.6. The van der Waals surface area contributed by atoms with Gasteiger partial charge in [-0.15, -0.1) is 11.3 Å². The van der Waals surface area contributed by atoms with Crippen molar-refractivity contribution in [3.8, 4) is 33.2 Å². The van der Waals surface area contributed by atoms with Crippen LogP contribution in [0, 0.1) is 5.82 Å². The van der Waals surface area contributed by atoms with E-state index in [2.05, 4.69) is 30.0 Å². The van der Waals surface area contributed by atoms with Gasteiger partial charge < -0.3 is 4.98 Å². The van der Waals surface area contributed by atoms with Gasteiger partial charge in [0.05, 0.1) is 33.0 Å². The summed E-state index contributed by atoms with van der Waals surface area (Å²) in [5.41, 5.74) is 5.20. The Morgan fingerprint density at radius 1 is 1.05 bits per heavy atom. The predicted molar refractivity (Wildman–Crippen MR) is 155 cm³/mol. The van der Waals surface area contributed by atoms with Gasteiger partial charge >= 0.3 is 0 Å². The summed E-state index contributed by atoms with van der Waals surface area (Å²) in [5.74, 6) is 0.00883. The number of ketones is 1. The van der Waals surface area contributed by atoms with Gasteiger partial charge in [0.2, 0.25) is 0 Å². The second-order valence-electron chi connectivity index (χ2n) is 10.2. The van der Waals surface area contributed by atoms with E-state index >= 15 is 4.39 Å². The molecule has 7 rings (SSSR count). The van der Waals surface area contributed by atoms with Gasteiger partial charge in [-0.25, -0.2) is 9.37 Å². The van der Waals surface area contributed by atoms with Crippen LogP contribution in [0.3, 0.4) is 0 Å². The molecule has 5 aromatic heterocycles. The first kappa shape index (κ1) is 24.7. The Hall–Kier alpha value is -4.28. The SMILES string of the molecule is CC(=O)c1ccc(-c2cccc3[nH]c(-c4n[nH]c5cnc(-c6cncc(CN7CCCCC7)c6)c(F)c45)nc23)s1. The van der Waals surface area contributed by atoms with Crippen LogP contribution in [0.4, 0.5) is 4.39 Å². The highest BCUT2D eigenvalue weighted by Gasteiger charge is 2.22. The van der Waals surface area contributed by atoms with Crippen molar-refractivity contribution in [2.45, 2.75) is 32.7 Å². The molecule has 1 fully saturated rings. The van der Waals surface area contributed by atoms with Crippen molar-refractivity contribution in [3.05, 3.63) is 71.2 Å². The summed E-state index contributed by atoms with van der Waals surface area (Å²) >= 11 is 1.43. The summed E-state index contributed by atoms with van der Waals surface area (Å²) in [6.07, 6.45) is 8.79. The molecule has 1 saturated heterocycles. The summed E-state index contributed by atoms with van der Waals surface area (Å²) in [6.45, 7) is 4.50. The summed E-state index contributed by atoms with van der Waals surface area (Å²) < 4.78 is 16.2. The van der Waals surface area contributed by atoms with Crippen molar-refractivity contribution in [3.63, 3.8) is 0 Å². The summed E-state index contributed by atoms with van der Waals surface area (Å²) in [4.78, 5) is 32.9. The van der Waals surface area contributed by atoms with E-state index in [0.717, 1.165) is 46.7 Å². The number of benzene rings is 1. The number of nitrogens with zero attached hydrogens (tertiary/aromatic N) is 5. The molecule has 2 N–H and O–H groups in total. The number of hydrogen-bond acceptors (Lipinski definition) is 7. The number of aromatic amines is 2. The monoisotopic (exact) mass is 551 g/mol. The van der Waals surface area contributed by atoms with Crippen molar-refractivity contribution in [2.75, 3.05) is 13.1 Å². The average molecular weight is 552 g/mol. The molecule has 40 heavy (non-hydrogen) atoms. The number of para-hydroxylation sites is 1. The minimum atomic E-state index is -0.469. The molecule has 0 radical (unpaired) electrons. The van der Waals surface area contributed by atoms with Crippen LogP contribution in [-0.2, 0) is 6.54 Å². The standard InChI is InChI=1S/C30H26FN7OS/c1-17(39)23-8-9-24(40-23)20-6-5-7-21-28(20)35-30(34-21)29-25-22(36-37-29)15-33-27(26(25)31)19-12-18(13-32-14-19)16-38-10-3-2-4-11-38/h5-9,12-15H,2-4,10-11,16H2,1H3,(H,34,35)(H,36,37). The fourth-order valence-corrected chi connectivity index (χ4v) is 6.37. The second kappa shape index (κ2) is 10.0. The van der Waals surface area contributed by atoms with E-state index in [0.29, 0.717) is 32.9 Å². The number of aromatic nitrogens is 6. The fraction of sp³-hybridized carbons (Fsp3) is 0.233. The number of rotatable bonds is 6. The van der Waals surface area contributed by atoms with Crippen LogP contribution >= 0.6 is 11.3 Å². The molecule has 1 aliphatic rings. The van der Waals surface area contributed by atoms with E-state index in [1.54, 1.807) is 19.3 Å². The number of hydrogen-bond donors (Lipinski definition) is 2. The molecule has 0 spiro atoms. The van der Waals surface area contributed by atoms with Gasteiger partial charge in [0.15, 0.2) is 17.4 Å². The maximum Gasteiger partial charge on any atom is 0.169 e. The van der Waals surface area contributed by atoms with E-state index in [1.165, 1.54) is 30.6 Å². The number of carbonyl (C=O) groups is 1. The number of piperidine rings is 1. The van der Waals surface area contributed by atoms with Gasteiger partial charge in [-0.1, -0.05) is 18.6 Å². The molecular formula is C30H26FN7OS. The first-order valence-corrected chi connectivity index (χ1v) is 14.2. The van der Waals surface area contributed by atoms with Gasteiger partial charge in [0.1, 0.15) is 11.4 Å². The van der Waals surface area contributed by atoms with Crippen molar-refractivity contribution < 1.29 is 9.18 Å². The zero-order chi connectivity index (χ0) is 27.2. The average Bonchev–Trinajstić information content (AvgIpc) is 3.72. The maximum absolute atomic E-state index is 16.2. The van der Waals surface area contributed by atoms with Crippen LogP contribution in [-0.4, -0.2) is 53.9 Å². The van der Waals surface area contributed by atoms with Crippen LogP contribution < -0.4 is 0 Å². The number of imidazole rings is 1. The number of H-pyrrole nitrogens is 2. The molecule has 0 aliphatic carbocycles. The normalized spacial score (nSPS) is 14.3. The third-order valence-electron chi connectivity index (χ3n) is 7.42. The number of Topliss-reactive ketones (excluding diaryl/α,β-unsaturated/α-hetero) is 1. The van der Waals surface area contributed by atoms with Crippen LogP contribution in [0.25, 0.3) is 55.2 Å². The van der Waals surface area contributed by atoms with E-state index in [-0.39, 0.29) is 11.5 Å².